The lowest BCUT2D eigenvalue weighted by atomic mass is 9.85. The van der Waals surface area contributed by atoms with Crippen molar-refractivity contribution in [1.82, 2.24) is 4.90 Å². The van der Waals surface area contributed by atoms with Crippen molar-refractivity contribution < 1.29 is 23.5 Å². The topological polar surface area (TPSA) is 55.8 Å². The van der Waals surface area contributed by atoms with Crippen molar-refractivity contribution in [1.29, 1.82) is 0 Å². The third-order valence-electron chi connectivity index (χ3n) is 8.33. The van der Waals surface area contributed by atoms with Crippen molar-refractivity contribution >= 4 is 11.9 Å². The van der Waals surface area contributed by atoms with Crippen LogP contribution < -0.4 is 4.74 Å². The number of carbonyl (C=O) groups is 2. The van der Waals surface area contributed by atoms with E-state index in [0.717, 1.165) is 12.8 Å². The second-order valence-corrected chi connectivity index (χ2v) is 10.4. The van der Waals surface area contributed by atoms with Gasteiger partial charge in [0.05, 0.1) is 7.11 Å². The standard InChI is InChI=1S/C31H30FNO4/c1-36-30-13-10-19(14-28(30)32)15-29(34)20-16-21-11-12-22(17-20)33(21)31(35)37-18-27-25-8-4-2-6-23(25)24-7-3-5-9-26(24)27/h2-10,13-14,20-22,27H,11-12,15-18H2,1H3. The molecule has 2 fully saturated rings. The average Bonchev–Trinajstić information content (AvgIpc) is 3.37. The molecule has 3 aromatic carbocycles. The lowest BCUT2D eigenvalue weighted by Gasteiger charge is -2.37. The summed E-state index contributed by atoms with van der Waals surface area (Å²) in [5, 5.41) is 0. The van der Waals surface area contributed by atoms with Crippen LogP contribution in [0.25, 0.3) is 11.1 Å². The molecule has 0 N–H and O–H groups in total. The second-order valence-electron chi connectivity index (χ2n) is 10.4. The number of fused-ring (bicyclic) bond motifs is 5. The van der Waals surface area contributed by atoms with Crippen LogP contribution in [0.5, 0.6) is 5.75 Å². The Morgan fingerprint density at radius 2 is 1.54 bits per heavy atom. The number of halogens is 1. The number of benzene rings is 3. The molecule has 2 saturated heterocycles. The Morgan fingerprint density at radius 1 is 0.919 bits per heavy atom. The highest BCUT2D eigenvalue weighted by molar-refractivity contribution is 5.84. The molecule has 37 heavy (non-hydrogen) atoms. The van der Waals surface area contributed by atoms with Gasteiger partial charge in [0.15, 0.2) is 11.6 Å². The maximum atomic E-state index is 14.1. The van der Waals surface area contributed by atoms with E-state index < -0.39 is 5.82 Å². The van der Waals surface area contributed by atoms with Crippen molar-refractivity contribution in [3.63, 3.8) is 0 Å². The van der Waals surface area contributed by atoms with E-state index in [4.69, 9.17) is 9.47 Å². The number of methoxy groups -OCH3 is 1. The lowest BCUT2D eigenvalue weighted by molar-refractivity contribution is -0.124. The number of rotatable bonds is 6. The highest BCUT2D eigenvalue weighted by Crippen LogP contribution is 2.45. The first-order valence-corrected chi connectivity index (χ1v) is 13.0. The van der Waals surface area contributed by atoms with Crippen molar-refractivity contribution in [3.05, 3.63) is 89.2 Å². The smallest absolute Gasteiger partial charge is 0.410 e. The number of amides is 1. The Balaban J connectivity index is 1.10. The first-order chi connectivity index (χ1) is 18.0. The first kappa shape index (κ1) is 23.7. The Labute approximate surface area is 216 Å². The molecule has 0 radical (unpaired) electrons. The van der Waals surface area contributed by atoms with Gasteiger partial charge in [-0.2, -0.15) is 0 Å². The minimum atomic E-state index is -0.460. The van der Waals surface area contributed by atoms with E-state index in [2.05, 4.69) is 24.3 Å². The zero-order chi connectivity index (χ0) is 25.5. The van der Waals surface area contributed by atoms with Crippen LogP contribution in [-0.2, 0) is 16.0 Å². The van der Waals surface area contributed by atoms with Crippen LogP contribution >= 0.6 is 0 Å². The minimum absolute atomic E-state index is 0.0101. The van der Waals surface area contributed by atoms with Crippen LogP contribution in [0.4, 0.5) is 9.18 Å². The summed E-state index contributed by atoms with van der Waals surface area (Å²) < 4.78 is 25.0. The largest absolute Gasteiger partial charge is 0.494 e. The van der Waals surface area contributed by atoms with Gasteiger partial charge in [0.25, 0.3) is 0 Å². The molecule has 2 unspecified atom stereocenters. The van der Waals surface area contributed by atoms with Crippen LogP contribution in [-0.4, -0.2) is 42.6 Å². The first-order valence-electron chi connectivity index (χ1n) is 13.0. The predicted octanol–water partition coefficient (Wildman–Crippen LogP) is 6.14. The van der Waals surface area contributed by atoms with Gasteiger partial charge in [-0.3, -0.25) is 4.79 Å². The molecule has 190 valence electrons. The highest BCUT2D eigenvalue weighted by Gasteiger charge is 2.46. The molecule has 1 amide bonds. The molecular formula is C31H30FNO4. The normalized spacial score (nSPS) is 21.9. The molecular weight excluding hydrogens is 469 g/mol. The zero-order valence-corrected chi connectivity index (χ0v) is 20.9. The van der Waals surface area contributed by atoms with Gasteiger partial charge in [-0.1, -0.05) is 54.6 Å². The van der Waals surface area contributed by atoms with Gasteiger partial charge in [-0.25, -0.2) is 9.18 Å². The number of hydrogen-bond donors (Lipinski definition) is 0. The molecule has 0 saturated carbocycles. The minimum Gasteiger partial charge on any atom is -0.494 e. The van der Waals surface area contributed by atoms with Crippen LogP contribution in [0.1, 0.15) is 48.3 Å². The Morgan fingerprint density at radius 3 is 2.14 bits per heavy atom. The van der Waals surface area contributed by atoms with Gasteiger partial charge in [0, 0.05) is 30.3 Å². The van der Waals surface area contributed by atoms with Crippen molar-refractivity contribution in [2.75, 3.05) is 13.7 Å². The van der Waals surface area contributed by atoms with E-state index in [9.17, 15) is 14.0 Å². The molecule has 0 aromatic heterocycles. The number of Topliss-reactive ketones (excluding diaryl/α,β-unsaturated/α-hetero) is 1. The molecule has 1 aliphatic carbocycles. The summed E-state index contributed by atoms with van der Waals surface area (Å²) in [5.41, 5.74) is 5.44. The number of carbonyl (C=O) groups excluding carboxylic acids is 2. The Hall–Kier alpha value is -3.67. The summed E-state index contributed by atoms with van der Waals surface area (Å²) >= 11 is 0. The van der Waals surface area contributed by atoms with E-state index in [1.165, 1.54) is 35.4 Å². The van der Waals surface area contributed by atoms with Crippen molar-refractivity contribution in [3.8, 4) is 16.9 Å². The van der Waals surface area contributed by atoms with Gasteiger partial charge in [-0.05, 0) is 65.6 Å². The molecule has 3 aliphatic rings. The third-order valence-corrected chi connectivity index (χ3v) is 8.33. The molecule has 2 atom stereocenters. The number of nitrogens with zero attached hydrogens (tertiary/aromatic N) is 1. The molecule has 0 spiro atoms. The fraction of sp³-hybridized carbons (Fsp3) is 0.355. The molecule has 2 bridgehead atoms. The fourth-order valence-corrected chi connectivity index (χ4v) is 6.57. The molecule has 5 nitrogen and oxygen atoms in total. The Bertz CT molecular complexity index is 1300. The molecule has 6 heteroatoms. The van der Waals surface area contributed by atoms with E-state index >= 15 is 0 Å². The lowest BCUT2D eigenvalue weighted by Crippen LogP contribution is -2.48. The van der Waals surface area contributed by atoms with Crippen LogP contribution in [0.2, 0.25) is 0 Å². The monoisotopic (exact) mass is 499 g/mol. The van der Waals surface area contributed by atoms with Gasteiger partial charge in [-0.15, -0.1) is 0 Å². The third kappa shape index (κ3) is 4.28. The quantitative estimate of drug-likeness (QED) is 0.409. The molecule has 6 rings (SSSR count). The van der Waals surface area contributed by atoms with Gasteiger partial charge in [0.1, 0.15) is 12.4 Å². The van der Waals surface area contributed by atoms with Crippen LogP contribution in [0, 0.1) is 11.7 Å². The summed E-state index contributed by atoms with van der Waals surface area (Å²) in [5.74, 6) is -0.282. The van der Waals surface area contributed by atoms with E-state index in [1.807, 2.05) is 29.2 Å². The highest BCUT2D eigenvalue weighted by atomic mass is 19.1. The van der Waals surface area contributed by atoms with Gasteiger partial charge in [0.2, 0.25) is 0 Å². The van der Waals surface area contributed by atoms with Crippen LogP contribution in [0.15, 0.2) is 66.7 Å². The molecule has 3 aromatic rings. The number of piperidine rings is 1. The molecule has 2 aliphatic heterocycles. The van der Waals surface area contributed by atoms with Gasteiger partial charge < -0.3 is 14.4 Å². The predicted molar refractivity (Wildman–Crippen MR) is 138 cm³/mol. The number of ketones is 1. The zero-order valence-electron chi connectivity index (χ0n) is 20.9. The number of hydrogen-bond acceptors (Lipinski definition) is 4. The van der Waals surface area contributed by atoms with E-state index in [0.29, 0.717) is 25.0 Å². The summed E-state index contributed by atoms with van der Waals surface area (Å²) in [6.07, 6.45) is 2.95. The Kier molecular flexibility index (Phi) is 6.19. The SMILES string of the molecule is COc1ccc(CC(=O)C2CC3CCC(C2)N3C(=O)OCC2c3ccccc3-c3ccccc32)cc1F. The van der Waals surface area contributed by atoms with Crippen molar-refractivity contribution in [2.24, 2.45) is 5.92 Å². The second kappa shape index (κ2) is 9.66. The maximum Gasteiger partial charge on any atom is 0.410 e. The summed E-state index contributed by atoms with van der Waals surface area (Å²) in [4.78, 5) is 28.2. The van der Waals surface area contributed by atoms with E-state index in [-0.39, 0.29) is 48.0 Å². The summed E-state index contributed by atoms with van der Waals surface area (Å²) in [7, 11) is 1.42. The molecule has 2 heterocycles. The van der Waals surface area contributed by atoms with Crippen molar-refractivity contribution in [2.45, 2.75) is 50.1 Å². The van der Waals surface area contributed by atoms with Gasteiger partial charge >= 0.3 is 6.09 Å². The maximum absolute atomic E-state index is 14.1. The van der Waals surface area contributed by atoms with Crippen LogP contribution in [0.3, 0.4) is 0 Å². The van der Waals surface area contributed by atoms with E-state index in [1.54, 1.807) is 12.1 Å². The summed E-state index contributed by atoms with van der Waals surface area (Å²) in [6.45, 7) is 0.300. The fourth-order valence-electron chi connectivity index (χ4n) is 6.57. The number of ether oxygens (including phenoxy) is 2. The average molecular weight is 500 g/mol. The summed E-state index contributed by atoms with van der Waals surface area (Å²) in [6, 6.07) is 21.3.